The fourth-order valence-electron chi connectivity index (χ4n) is 3.03. The highest BCUT2D eigenvalue weighted by Gasteiger charge is 2.30. The summed E-state index contributed by atoms with van der Waals surface area (Å²) >= 11 is 0. The van der Waals surface area contributed by atoms with Crippen molar-refractivity contribution in [2.75, 3.05) is 18.8 Å². The molecule has 21 heavy (non-hydrogen) atoms. The Morgan fingerprint density at radius 3 is 2.48 bits per heavy atom. The molecule has 0 amide bonds. The number of aryl methyl sites for hydroxylation is 1. The molecular formula is C16H26N2O2S. The summed E-state index contributed by atoms with van der Waals surface area (Å²) < 4.78 is 27.8. The molecule has 1 aliphatic heterocycles. The Balaban J connectivity index is 2.49. The van der Waals surface area contributed by atoms with Crippen LogP contribution in [0.25, 0.3) is 0 Å². The molecule has 0 saturated carbocycles. The molecule has 1 aromatic carbocycles. The number of sulfonamides is 1. The van der Waals surface area contributed by atoms with Gasteiger partial charge >= 0.3 is 0 Å². The van der Waals surface area contributed by atoms with Crippen LogP contribution in [0.15, 0.2) is 11.0 Å². The largest absolute Gasteiger partial charge is 0.398 e. The molecule has 1 heterocycles. The van der Waals surface area contributed by atoms with E-state index in [4.69, 9.17) is 5.73 Å². The summed E-state index contributed by atoms with van der Waals surface area (Å²) in [5.41, 5.74) is 8.97. The summed E-state index contributed by atoms with van der Waals surface area (Å²) in [7, 11) is -3.46. The zero-order chi connectivity index (χ0) is 15.8. The third kappa shape index (κ3) is 3.09. The SMILES string of the molecule is Cc1cc(N)c(C)c(S(=O)(=O)N2CCCC(C)CC2)c1C. The van der Waals surface area contributed by atoms with Crippen molar-refractivity contribution in [1.82, 2.24) is 4.31 Å². The van der Waals surface area contributed by atoms with Crippen LogP contribution in [0, 0.1) is 26.7 Å². The molecule has 1 unspecified atom stereocenters. The van der Waals surface area contributed by atoms with Crippen LogP contribution in [0.5, 0.6) is 0 Å². The lowest BCUT2D eigenvalue weighted by molar-refractivity contribution is 0.416. The van der Waals surface area contributed by atoms with Gasteiger partial charge in [-0.3, -0.25) is 0 Å². The fourth-order valence-corrected chi connectivity index (χ4v) is 5.06. The highest BCUT2D eigenvalue weighted by Crippen LogP contribution is 2.31. The van der Waals surface area contributed by atoms with E-state index in [0.717, 1.165) is 30.4 Å². The summed E-state index contributed by atoms with van der Waals surface area (Å²) in [5, 5.41) is 0. The van der Waals surface area contributed by atoms with E-state index in [2.05, 4.69) is 6.92 Å². The van der Waals surface area contributed by atoms with Gasteiger partial charge < -0.3 is 5.73 Å². The highest BCUT2D eigenvalue weighted by atomic mass is 32.2. The zero-order valence-electron chi connectivity index (χ0n) is 13.4. The van der Waals surface area contributed by atoms with Crippen molar-refractivity contribution in [3.8, 4) is 0 Å². The van der Waals surface area contributed by atoms with E-state index in [1.54, 1.807) is 11.2 Å². The Morgan fingerprint density at radius 2 is 1.81 bits per heavy atom. The van der Waals surface area contributed by atoms with Gasteiger partial charge in [-0.15, -0.1) is 0 Å². The monoisotopic (exact) mass is 310 g/mol. The van der Waals surface area contributed by atoms with Crippen molar-refractivity contribution in [3.63, 3.8) is 0 Å². The van der Waals surface area contributed by atoms with Gasteiger partial charge in [0.2, 0.25) is 10.0 Å². The first-order valence-electron chi connectivity index (χ1n) is 7.61. The number of hydrogen-bond donors (Lipinski definition) is 1. The number of nitrogen functional groups attached to an aromatic ring is 1. The second-order valence-electron chi connectivity index (χ2n) is 6.30. The summed E-state index contributed by atoms with van der Waals surface area (Å²) in [6.45, 7) is 8.99. The average Bonchev–Trinajstić information content (AvgIpc) is 2.62. The van der Waals surface area contributed by atoms with Gasteiger partial charge in [0.15, 0.2) is 0 Å². The van der Waals surface area contributed by atoms with Crippen molar-refractivity contribution in [2.24, 2.45) is 5.92 Å². The Kier molecular flexibility index (Phi) is 4.63. The standard InChI is InChI=1S/C16H26N2O2S/c1-11-6-5-8-18(9-7-11)21(19,20)16-13(3)12(2)10-15(17)14(16)4/h10-11H,5-9,17H2,1-4H3. The maximum Gasteiger partial charge on any atom is 0.243 e. The van der Waals surface area contributed by atoms with E-state index < -0.39 is 10.0 Å². The Labute approximate surface area is 128 Å². The number of nitrogens with zero attached hydrogens (tertiary/aromatic N) is 1. The molecule has 1 aliphatic rings. The minimum absolute atomic E-state index is 0.412. The smallest absolute Gasteiger partial charge is 0.243 e. The van der Waals surface area contributed by atoms with Gasteiger partial charge in [0.05, 0.1) is 4.90 Å². The molecule has 1 atom stereocenters. The molecule has 2 N–H and O–H groups in total. The maximum absolute atomic E-state index is 13.1. The predicted octanol–water partition coefficient (Wildman–Crippen LogP) is 3.00. The molecule has 0 bridgehead atoms. The van der Waals surface area contributed by atoms with Gasteiger partial charge in [0.25, 0.3) is 0 Å². The molecule has 0 spiro atoms. The van der Waals surface area contributed by atoms with Crippen molar-refractivity contribution in [2.45, 2.75) is 51.9 Å². The lowest BCUT2D eigenvalue weighted by Crippen LogP contribution is -2.33. The van der Waals surface area contributed by atoms with Crippen molar-refractivity contribution in [3.05, 3.63) is 22.8 Å². The van der Waals surface area contributed by atoms with Gasteiger partial charge in [-0.1, -0.05) is 6.92 Å². The molecule has 0 radical (unpaired) electrons. The van der Waals surface area contributed by atoms with Gasteiger partial charge in [-0.2, -0.15) is 4.31 Å². The number of rotatable bonds is 2. The second-order valence-corrected chi connectivity index (χ2v) is 8.18. The van der Waals surface area contributed by atoms with Crippen molar-refractivity contribution < 1.29 is 8.42 Å². The Morgan fingerprint density at radius 1 is 1.14 bits per heavy atom. The first kappa shape index (κ1) is 16.3. The van der Waals surface area contributed by atoms with E-state index in [0.29, 0.717) is 35.2 Å². The van der Waals surface area contributed by atoms with Gasteiger partial charge in [-0.25, -0.2) is 8.42 Å². The summed E-state index contributed by atoms with van der Waals surface area (Å²) in [4.78, 5) is 0.412. The molecular weight excluding hydrogens is 284 g/mol. The van der Waals surface area contributed by atoms with E-state index in [1.165, 1.54) is 0 Å². The number of anilines is 1. The van der Waals surface area contributed by atoms with Crippen LogP contribution in [-0.4, -0.2) is 25.8 Å². The lowest BCUT2D eigenvalue weighted by atomic mass is 10.0. The molecule has 1 saturated heterocycles. The molecule has 118 valence electrons. The molecule has 2 rings (SSSR count). The second kappa shape index (κ2) is 5.97. The van der Waals surface area contributed by atoms with E-state index >= 15 is 0 Å². The Hall–Kier alpha value is -1.07. The number of hydrogen-bond acceptors (Lipinski definition) is 3. The van der Waals surface area contributed by atoms with E-state index in [-0.39, 0.29) is 0 Å². The minimum Gasteiger partial charge on any atom is -0.398 e. The fraction of sp³-hybridized carbons (Fsp3) is 0.625. The van der Waals surface area contributed by atoms with Crippen LogP contribution in [0.1, 0.15) is 42.9 Å². The van der Waals surface area contributed by atoms with Crippen LogP contribution in [0.4, 0.5) is 5.69 Å². The zero-order valence-corrected chi connectivity index (χ0v) is 14.3. The molecule has 1 aromatic rings. The summed E-state index contributed by atoms with van der Waals surface area (Å²) in [6, 6.07) is 1.86. The normalized spacial score (nSPS) is 21.2. The number of benzene rings is 1. The number of nitrogens with two attached hydrogens (primary N) is 1. The van der Waals surface area contributed by atoms with Crippen molar-refractivity contribution >= 4 is 15.7 Å². The van der Waals surface area contributed by atoms with Gasteiger partial charge in [-0.05, 0) is 68.7 Å². The van der Waals surface area contributed by atoms with Crippen LogP contribution >= 0.6 is 0 Å². The molecule has 0 aromatic heterocycles. The van der Waals surface area contributed by atoms with Crippen molar-refractivity contribution in [1.29, 1.82) is 0 Å². The molecule has 1 fully saturated rings. The molecule has 5 heteroatoms. The van der Waals surface area contributed by atoms with E-state index in [1.807, 2.05) is 19.9 Å². The third-order valence-electron chi connectivity index (χ3n) is 4.65. The van der Waals surface area contributed by atoms with Crippen LogP contribution < -0.4 is 5.73 Å². The first-order valence-corrected chi connectivity index (χ1v) is 9.05. The molecule has 0 aliphatic carbocycles. The first-order chi connectivity index (χ1) is 9.75. The lowest BCUT2D eigenvalue weighted by Gasteiger charge is -2.24. The van der Waals surface area contributed by atoms with E-state index in [9.17, 15) is 8.42 Å². The quantitative estimate of drug-likeness (QED) is 0.854. The van der Waals surface area contributed by atoms with Crippen LogP contribution in [0.3, 0.4) is 0 Å². The summed E-state index contributed by atoms with van der Waals surface area (Å²) in [6.07, 6.45) is 2.96. The third-order valence-corrected chi connectivity index (χ3v) is 6.82. The van der Waals surface area contributed by atoms with Crippen LogP contribution in [0.2, 0.25) is 0 Å². The molecule has 4 nitrogen and oxygen atoms in total. The van der Waals surface area contributed by atoms with Gasteiger partial charge in [0.1, 0.15) is 0 Å². The minimum atomic E-state index is -3.46. The average molecular weight is 310 g/mol. The maximum atomic E-state index is 13.1. The van der Waals surface area contributed by atoms with Crippen LogP contribution in [-0.2, 0) is 10.0 Å². The highest BCUT2D eigenvalue weighted by molar-refractivity contribution is 7.89. The topological polar surface area (TPSA) is 63.4 Å². The summed E-state index contributed by atoms with van der Waals surface area (Å²) in [5.74, 6) is 0.593. The van der Waals surface area contributed by atoms with Gasteiger partial charge in [0, 0.05) is 18.8 Å². The Bertz CT molecular complexity index is 612. The predicted molar refractivity (Wildman–Crippen MR) is 86.8 cm³/mol.